The van der Waals surface area contributed by atoms with E-state index < -0.39 is 0 Å². The molecule has 0 fully saturated rings. The third-order valence-electron chi connectivity index (χ3n) is 2.09. The second-order valence-corrected chi connectivity index (χ2v) is 3.46. The first-order valence-corrected chi connectivity index (χ1v) is 5.44. The number of nitrogens with zero attached hydrogens (tertiary/aromatic N) is 2. The van der Waals surface area contributed by atoms with Crippen LogP contribution in [0.25, 0.3) is 0 Å². The monoisotopic (exact) mass is 182 g/mol. The minimum Gasteiger partial charge on any atom is -0.303 e. The van der Waals surface area contributed by atoms with Crippen molar-refractivity contribution in [2.45, 2.75) is 46.0 Å². The highest BCUT2D eigenvalue weighted by Crippen LogP contribution is 2.00. The Bertz CT molecular complexity index is 132. The van der Waals surface area contributed by atoms with Gasteiger partial charge in [0.05, 0.1) is 6.07 Å². The smallest absolute Gasteiger partial charge is 0.0621 e. The molecule has 0 aromatic rings. The Morgan fingerprint density at radius 1 is 1.00 bits per heavy atom. The van der Waals surface area contributed by atoms with Gasteiger partial charge in [-0.3, -0.25) is 0 Å². The molecule has 0 atom stereocenters. The van der Waals surface area contributed by atoms with E-state index in [1.807, 2.05) is 0 Å². The zero-order chi connectivity index (χ0) is 9.94. The van der Waals surface area contributed by atoms with E-state index in [-0.39, 0.29) is 0 Å². The molecule has 0 rings (SSSR count). The van der Waals surface area contributed by atoms with Crippen LogP contribution in [0.15, 0.2) is 0 Å². The number of nitriles is 1. The van der Waals surface area contributed by atoms with Gasteiger partial charge in [0.25, 0.3) is 0 Å². The van der Waals surface area contributed by atoms with Gasteiger partial charge >= 0.3 is 0 Å². The maximum absolute atomic E-state index is 8.37. The van der Waals surface area contributed by atoms with E-state index in [4.69, 9.17) is 5.26 Å². The molecule has 0 aliphatic rings. The minimum atomic E-state index is 0.714. The highest BCUT2D eigenvalue weighted by Gasteiger charge is 2.00. The van der Waals surface area contributed by atoms with Gasteiger partial charge < -0.3 is 4.90 Å². The molecule has 76 valence electrons. The summed E-state index contributed by atoms with van der Waals surface area (Å²) in [5.41, 5.74) is 0. The topological polar surface area (TPSA) is 27.0 Å². The molecule has 2 heteroatoms. The van der Waals surface area contributed by atoms with Crippen LogP contribution in [-0.2, 0) is 0 Å². The standard InChI is InChI=1S/C11H22N2/c1-3-9-13(10-4-2)11-7-5-6-8-12/h3-7,9-11H2,1-2H3. The minimum absolute atomic E-state index is 0.714. The van der Waals surface area contributed by atoms with Gasteiger partial charge in [-0.15, -0.1) is 0 Å². The Kier molecular flexibility index (Phi) is 9.13. The average molecular weight is 182 g/mol. The second kappa shape index (κ2) is 9.54. The van der Waals surface area contributed by atoms with Crippen LogP contribution in [0.2, 0.25) is 0 Å². The Morgan fingerprint density at radius 3 is 2.08 bits per heavy atom. The van der Waals surface area contributed by atoms with Gasteiger partial charge in [-0.2, -0.15) is 5.26 Å². The van der Waals surface area contributed by atoms with Gasteiger partial charge in [-0.25, -0.2) is 0 Å². The van der Waals surface area contributed by atoms with Crippen molar-refractivity contribution < 1.29 is 0 Å². The highest BCUT2D eigenvalue weighted by molar-refractivity contribution is 4.68. The summed E-state index contributed by atoms with van der Waals surface area (Å²) < 4.78 is 0. The van der Waals surface area contributed by atoms with Crippen molar-refractivity contribution in [2.24, 2.45) is 0 Å². The quantitative estimate of drug-likeness (QED) is 0.540. The maximum Gasteiger partial charge on any atom is 0.0621 e. The molecule has 0 saturated carbocycles. The SMILES string of the molecule is CCCN(CCC)CCCCC#N. The molecule has 13 heavy (non-hydrogen) atoms. The van der Waals surface area contributed by atoms with Crippen molar-refractivity contribution in [3.63, 3.8) is 0 Å². The summed E-state index contributed by atoms with van der Waals surface area (Å²) in [5, 5.41) is 8.37. The average Bonchev–Trinajstić information content (AvgIpc) is 2.13. The number of hydrogen-bond acceptors (Lipinski definition) is 2. The third kappa shape index (κ3) is 7.80. The summed E-state index contributed by atoms with van der Waals surface area (Å²) in [7, 11) is 0. The highest BCUT2D eigenvalue weighted by atomic mass is 15.1. The van der Waals surface area contributed by atoms with Crippen LogP contribution >= 0.6 is 0 Å². The fourth-order valence-corrected chi connectivity index (χ4v) is 1.51. The zero-order valence-electron chi connectivity index (χ0n) is 9.05. The Morgan fingerprint density at radius 2 is 1.62 bits per heavy atom. The summed E-state index contributed by atoms with van der Waals surface area (Å²) in [6.07, 6.45) is 5.41. The summed E-state index contributed by atoms with van der Waals surface area (Å²) >= 11 is 0. The van der Waals surface area contributed by atoms with Gasteiger partial charge in [0.15, 0.2) is 0 Å². The maximum atomic E-state index is 8.37. The predicted molar refractivity (Wildman–Crippen MR) is 56.5 cm³/mol. The molecule has 0 N–H and O–H groups in total. The van der Waals surface area contributed by atoms with Crippen LogP contribution in [-0.4, -0.2) is 24.5 Å². The Balaban J connectivity index is 3.39. The van der Waals surface area contributed by atoms with Crippen molar-refractivity contribution in [3.05, 3.63) is 0 Å². The summed E-state index contributed by atoms with van der Waals surface area (Å²) in [5.74, 6) is 0. The molecule has 0 aromatic heterocycles. The van der Waals surface area contributed by atoms with E-state index in [9.17, 15) is 0 Å². The zero-order valence-corrected chi connectivity index (χ0v) is 9.05. The molecule has 0 aromatic carbocycles. The van der Waals surface area contributed by atoms with Crippen molar-refractivity contribution in [1.29, 1.82) is 5.26 Å². The fourth-order valence-electron chi connectivity index (χ4n) is 1.51. The molecule has 0 radical (unpaired) electrons. The number of rotatable bonds is 8. The van der Waals surface area contributed by atoms with Gasteiger partial charge in [0, 0.05) is 6.42 Å². The lowest BCUT2D eigenvalue weighted by Crippen LogP contribution is -2.26. The summed E-state index contributed by atoms with van der Waals surface area (Å²) in [6, 6.07) is 2.19. The molecule has 0 aliphatic heterocycles. The molecular weight excluding hydrogens is 160 g/mol. The summed E-state index contributed by atoms with van der Waals surface area (Å²) in [6.45, 7) is 8.03. The van der Waals surface area contributed by atoms with Crippen molar-refractivity contribution in [3.8, 4) is 6.07 Å². The van der Waals surface area contributed by atoms with Crippen LogP contribution < -0.4 is 0 Å². The first-order valence-electron chi connectivity index (χ1n) is 5.44. The van der Waals surface area contributed by atoms with Gasteiger partial charge in [-0.1, -0.05) is 13.8 Å². The normalized spacial score (nSPS) is 10.3. The van der Waals surface area contributed by atoms with Crippen LogP contribution in [0.5, 0.6) is 0 Å². The lowest BCUT2D eigenvalue weighted by atomic mass is 10.2. The Hall–Kier alpha value is -0.550. The van der Waals surface area contributed by atoms with E-state index in [0.717, 1.165) is 6.42 Å². The predicted octanol–water partition coefficient (Wildman–Crippen LogP) is 2.80. The molecule has 0 unspecified atom stereocenters. The second-order valence-electron chi connectivity index (χ2n) is 3.46. The largest absolute Gasteiger partial charge is 0.303 e. The molecule has 0 spiro atoms. The van der Waals surface area contributed by atoms with Gasteiger partial charge in [0.1, 0.15) is 0 Å². The molecule has 0 bridgehead atoms. The van der Waals surface area contributed by atoms with Crippen LogP contribution in [0.3, 0.4) is 0 Å². The van der Waals surface area contributed by atoms with E-state index >= 15 is 0 Å². The van der Waals surface area contributed by atoms with Crippen molar-refractivity contribution >= 4 is 0 Å². The lowest BCUT2D eigenvalue weighted by Gasteiger charge is -2.20. The van der Waals surface area contributed by atoms with E-state index in [0.29, 0.717) is 6.42 Å². The van der Waals surface area contributed by atoms with Gasteiger partial charge in [-0.05, 0) is 45.3 Å². The van der Waals surface area contributed by atoms with Crippen LogP contribution in [0.1, 0.15) is 46.0 Å². The van der Waals surface area contributed by atoms with Gasteiger partial charge in [0.2, 0.25) is 0 Å². The van der Waals surface area contributed by atoms with Crippen LogP contribution in [0, 0.1) is 11.3 Å². The summed E-state index contributed by atoms with van der Waals surface area (Å²) in [4.78, 5) is 2.50. The molecular formula is C11H22N2. The van der Waals surface area contributed by atoms with Crippen LogP contribution in [0.4, 0.5) is 0 Å². The number of unbranched alkanes of at least 4 members (excludes halogenated alkanes) is 2. The van der Waals surface area contributed by atoms with E-state index in [1.165, 1.54) is 38.9 Å². The molecule has 0 heterocycles. The molecule has 2 nitrogen and oxygen atoms in total. The van der Waals surface area contributed by atoms with E-state index in [1.54, 1.807) is 0 Å². The Labute approximate surface area is 82.5 Å². The lowest BCUT2D eigenvalue weighted by molar-refractivity contribution is 0.269. The van der Waals surface area contributed by atoms with Crippen molar-refractivity contribution in [1.82, 2.24) is 4.90 Å². The molecule has 0 aliphatic carbocycles. The molecule has 0 saturated heterocycles. The fraction of sp³-hybridized carbons (Fsp3) is 0.909. The first kappa shape index (κ1) is 12.4. The third-order valence-corrected chi connectivity index (χ3v) is 2.09. The first-order chi connectivity index (χ1) is 6.35. The molecule has 0 amide bonds. The van der Waals surface area contributed by atoms with Crippen molar-refractivity contribution in [2.75, 3.05) is 19.6 Å². The van der Waals surface area contributed by atoms with E-state index in [2.05, 4.69) is 24.8 Å². The number of hydrogen-bond donors (Lipinski definition) is 0.